The highest BCUT2D eigenvalue weighted by Gasteiger charge is 2.43. The van der Waals surface area contributed by atoms with E-state index in [2.05, 4.69) is 30.3 Å². The van der Waals surface area contributed by atoms with Gasteiger partial charge >= 0.3 is 6.01 Å². The standard InChI is InChI=1S/C23H27ClFN7O/c1-13(2)32-23(33-17-6-7-19(25)18(24)9-17)29-22(30-32)28-21-15-4-5-16(21)11-31(10-15)20-8-14(3)26-12-27-20/h6-9,12-13,15-16,21H,4-5,10-11H2,1-3H3,(H,28,30). The SMILES string of the molecule is Cc1cc(N2CC3CCC(C2)C3Nc2nc(Oc3ccc(F)c(Cl)c3)n(C(C)C)n2)ncn1. The molecule has 3 heterocycles. The predicted octanol–water partition coefficient (Wildman–Crippen LogP) is 4.87. The molecule has 1 saturated carbocycles. The Labute approximate surface area is 197 Å². The van der Waals surface area contributed by atoms with Crippen LogP contribution in [0.2, 0.25) is 5.02 Å². The van der Waals surface area contributed by atoms with E-state index in [1.807, 2.05) is 26.8 Å². The number of nitrogens with one attached hydrogen (secondary N) is 1. The lowest BCUT2D eigenvalue weighted by atomic mass is 9.92. The molecular formula is C23H27ClFN7O. The summed E-state index contributed by atoms with van der Waals surface area (Å²) >= 11 is 5.90. The molecule has 2 aromatic heterocycles. The van der Waals surface area contributed by atoms with Crippen molar-refractivity contribution < 1.29 is 9.13 Å². The maximum Gasteiger partial charge on any atom is 0.322 e. The number of aryl methyl sites for hydroxylation is 1. The van der Waals surface area contributed by atoms with Crippen LogP contribution in [0, 0.1) is 24.6 Å². The van der Waals surface area contributed by atoms with E-state index in [4.69, 9.17) is 16.3 Å². The number of halogens is 2. The van der Waals surface area contributed by atoms with E-state index < -0.39 is 5.82 Å². The number of rotatable bonds is 6. The van der Waals surface area contributed by atoms with Crippen LogP contribution in [0.25, 0.3) is 0 Å². The number of benzene rings is 1. The molecule has 2 fully saturated rings. The monoisotopic (exact) mass is 471 g/mol. The van der Waals surface area contributed by atoms with Crippen LogP contribution in [0.4, 0.5) is 16.2 Å². The molecule has 2 aliphatic rings. The molecule has 0 spiro atoms. The third-order valence-electron chi connectivity index (χ3n) is 6.43. The molecular weight excluding hydrogens is 445 g/mol. The minimum absolute atomic E-state index is 0.00340. The maximum atomic E-state index is 13.5. The first-order chi connectivity index (χ1) is 15.9. The molecule has 8 nitrogen and oxygen atoms in total. The molecule has 1 aliphatic carbocycles. The summed E-state index contributed by atoms with van der Waals surface area (Å²) in [5.41, 5.74) is 0.978. The summed E-state index contributed by atoms with van der Waals surface area (Å²) in [5, 5.41) is 8.24. The van der Waals surface area contributed by atoms with Crippen molar-refractivity contribution in [2.24, 2.45) is 11.8 Å². The zero-order chi connectivity index (χ0) is 23.1. The summed E-state index contributed by atoms with van der Waals surface area (Å²) < 4.78 is 21.1. The van der Waals surface area contributed by atoms with Gasteiger partial charge in [0.05, 0.1) is 11.1 Å². The Balaban J connectivity index is 1.32. The second-order valence-corrected chi connectivity index (χ2v) is 9.53. The third-order valence-corrected chi connectivity index (χ3v) is 6.72. The van der Waals surface area contributed by atoms with Crippen molar-refractivity contribution >= 4 is 23.4 Å². The van der Waals surface area contributed by atoms with Crippen LogP contribution in [-0.4, -0.2) is 43.9 Å². The predicted molar refractivity (Wildman–Crippen MR) is 124 cm³/mol. The number of piperidine rings is 1. The first-order valence-electron chi connectivity index (χ1n) is 11.3. The van der Waals surface area contributed by atoms with Gasteiger partial charge in [0, 0.05) is 37.0 Å². The Kier molecular flexibility index (Phi) is 5.82. The molecule has 5 rings (SSSR count). The fourth-order valence-electron chi connectivity index (χ4n) is 4.83. The van der Waals surface area contributed by atoms with Gasteiger partial charge in [0.2, 0.25) is 5.95 Å². The van der Waals surface area contributed by atoms with Crippen LogP contribution in [0.3, 0.4) is 0 Å². The number of hydrogen-bond donors (Lipinski definition) is 1. The van der Waals surface area contributed by atoms with Crippen LogP contribution < -0.4 is 15.0 Å². The molecule has 2 unspecified atom stereocenters. The van der Waals surface area contributed by atoms with E-state index in [1.165, 1.54) is 18.2 Å². The largest absolute Gasteiger partial charge is 0.424 e. The third kappa shape index (κ3) is 4.46. The smallest absolute Gasteiger partial charge is 0.322 e. The van der Waals surface area contributed by atoms with Gasteiger partial charge in [-0.05, 0) is 57.6 Å². The van der Waals surface area contributed by atoms with Gasteiger partial charge in [-0.15, -0.1) is 5.10 Å². The Morgan fingerprint density at radius 1 is 1.15 bits per heavy atom. The van der Waals surface area contributed by atoms with Gasteiger partial charge in [0.25, 0.3) is 0 Å². The second kappa shape index (κ2) is 8.78. The number of fused-ring (bicyclic) bond motifs is 2. The first kappa shape index (κ1) is 21.9. The Morgan fingerprint density at radius 3 is 2.58 bits per heavy atom. The van der Waals surface area contributed by atoms with Gasteiger partial charge in [-0.1, -0.05) is 11.6 Å². The molecule has 1 N–H and O–H groups in total. The van der Waals surface area contributed by atoms with E-state index in [0.29, 0.717) is 35.6 Å². The molecule has 1 aromatic carbocycles. The zero-order valence-electron chi connectivity index (χ0n) is 18.9. The molecule has 1 saturated heterocycles. The lowest BCUT2D eigenvalue weighted by Gasteiger charge is -2.38. The lowest BCUT2D eigenvalue weighted by Crippen LogP contribution is -2.48. The van der Waals surface area contributed by atoms with Crippen molar-refractivity contribution in [2.45, 2.75) is 45.7 Å². The first-order valence-corrected chi connectivity index (χ1v) is 11.6. The van der Waals surface area contributed by atoms with E-state index in [0.717, 1.165) is 37.4 Å². The number of ether oxygens (including phenoxy) is 1. The minimum atomic E-state index is -0.490. The molecule has 174 valence electrons. The highest BCUT2D eigenvalue weighted by molar-refractivity contribution is 6.30. The van der Waals surface area contributed by atoms with Crippen molar-refractivity contribution in [1.82, 2.24) is 24.7 Å². The average Bonchev–Trinajstić information content (AvgIpc) is 3.27. The van der Waals surface area contributed by atoms with Crippen LogP contribution >= 0.6 is 11.6 Å². The topological polar surface area (TPSA) is 81.0 Å². The van der Waals surface area contributed by atoms with Crippen LogP contribution in [0.1, 0.15) is 38.4 Å². The number of hydrogen-bond acceptors (Lipinski definition) is 7. The van der Waals surface area contributed by atoms with Crippen molar-refractivity contribution in [3.05, 3.63) is 47.1 Å². The molecule has 3 aromatic rings. The second-order valence-electron chi connectivity index (χ2n) is 9.12. The molecule has 0 amide bonds. The average molecular weight is 472 g/mol. The van der Waals surface area contributed by atoms with Crippen LogP contribution in [0.5, 0.6) is 11.8 Å². The van der Waals surface area contributed by atoms with Gasteiger partial charge in [-0.3, -0.25) is 0 Å². The number of anilines is 2. The van der Waals surface area contributed by atoms with E-state index >= 15 is 0 Å². The summed E-state index contributed by atoms with van der Waals surface area (Å²) in [4.78, 5) is 15.7. The van der Waals surface area contributed by atoms with Crippen molar-refractivity contribution in [2.75, 3.05) is 23.3 Å². The number of nitrogens with zero attached hydrogens (tertiary/aromatic N) is 6. The van der Waals surface area contributed by atoms with Crippen LogP contribution in [0.15, 0.2) is 30.6 Å². The van der Waals surface area contributed by atoms with Gasteiger partial charge in [-0.25, -0.2) is 19.0 Å². The molecule has 33 heavy (non-hydrogen) atoms. The van der Waals surface area contributed by atoms with Crippen LogP contribution in [-0.2, 0) is 0 Å². The van der Waals surface area contributed by atoms with E-state index in [9.17, 15) is 4.39 Å². The highest BCUT2D eigenvalue weighted by atomic mass is 35.5. The Morgan fingerprint density at radius 2 is 1.91 bits per heavy atom. The van der Waals surface area contributed by atoms with Gasteiger partial charge < -0.3 is 15.0 Å². The Bertz CT molecular complexity index is 1140. The maximum absolute atomic E-state index is 13.5. The fraction of sp³-hybridized carbons (Fsp3) is 0.478. The van der Waals surface area contributed by atoms with E-state index in [-0.39, 0.29) is 11.1 Å². The molecule has 2 atom stereocenters. The van der Waals surface area contributed by atoms with E-state index in [1.54, 1.807) is 11.0 Å². The zero-order valence-corrected chi connectivity index (χ0v) is 19.6. The van der Waals surface area contributed by atoms with Crippen molar-refractivity contribution in [3.63, 3.8) is 0 Å². The summed E-state index contributed by atoms with van der Waals surface area (Å²) in [6.45, 7) is 7.88. The minimum Gasteiger partial charge on any atom is -0.424 e. The summed E-state index contributed by atoms with van der Waals surface area (Å²) in [6.07, 6.45) is 3.95. The van der Waals surface area contributed by atoms with Gasteiger partial charge in [0.15, 0.2) is 0 Å². The fourth-order valence-corrected chi connectivity index (χ4v) is 5.00. The summed E-state index contributed by atoms with van der Waals surface area (Å²) in [6, 6.07) is 6.96. The molecule has 0 radical (unpaired) electrons. The molecule has 1 aliphatic heterocycles. The molecule has 10 heteroatoms. The number of aromatic nitrogens is 5. The highest BCUT2D eigenvalue weighted by Crippen LogP contribution is 2.40. The van der Waals surface area contributed by atoms with Crippen molar-refractivity contribution in [1.29, 1.82) is 0 Å². The Hall–Kier alpha value is -2.94. The normalized spacial score (nSPS) is 22.1. The van der Waals surface area contributed by atoms with Gasteiger partial charge in [0.1, 0.15) is 23.7 Å². The summed E-state index contributed by atoms with van der Waals surface area (Å²) in [7, 11) is 0. The lowest BCUT2D eigenvalue weighted by molar-refractivity contribution is 0.373. The quantitative estimate of drug-likeness (QED) is 0.549. The molecule has 2 bridgehead atoms. The van der Waals surface area contributed by atoms with Gasteiger partial charge in [-0.2, -0.15) is 4.98 Å². The summed E-state index contributed by atoms with van der Waals surface area (Å²) in [5.74, 6) is 2.41. The van der Waals surface area contributed by atoms with Crippen molar-refractivity contribution in [3.8, 4) is 11.8 Å².